The maximum Gasteiger partial charge on any atom is 0.124 e. The van der Waals surface area contributed by atoms with E-state index in [0.29, 0.717) is 0 Å². The van der Waals surface area contributed by atoms with E-state index in [1.165, 1.54) is 0 Å². The Morgan fingerprint density at radius 2 is 1.00 bits per heavy atom. The molecule has 5 rings (SSSR count). The largest absolute Gasteiger partial charge is 0.507 e. The van der Waals surface area contributed by atoms with Crippen LogP contribution in [0.4, 0.5) is 22.7 Å². The van der Waals surface area contributed by atoms with Crippen molar-refractivity contribution in [2.24, 2.45) is 0 Å². The van der Waals surface area contributed by atoms with Crippen molar-refractivity contribution in [2.75, 3.05) is 10.6 Å². The summed E-state index contributed by atoms with van der Waals surface area (Å²) in [4.78, 5) is 0. The molecule has 31 heavy (non-hydrogen) atoms. The Balaban J connectivity index is 1.75. The van der Waals surface area contributed by atoms with Gasteiger partial charge in [-0.15, -0.1) is 0 Å². The molecule has 5 aromatic rings. The normalized spacial score (nSPS) is 10.7. The van der Waals surface area contributed by atoms with Gasteiger partial charge in [0.05, 0.1) is 0 Å². The zero-order chi connectivity index (χ0) is 21.0. The van der Waals surface area contributed by atoms with Gasteiger partial charge in [0.15, 0.2) is 0 Å². The van der Waals surface area contributed by atoms with Crippen LogP contribution in [-0.2, 0) is 0 Å². The van der Waals surface area contributed by atoms with E-state index in [9.17, 15) is 5.11 Å². The molecule has 0 aliphatic heterocycles. The fraction of sp³-hybridized carbons (Fsp3) is 0. The molecule has 0 fully saturated rings. The van der Waals surface area contributed by atoms with Gasteiger partial charge in [-0.05, 0) is 53.2 Å². The fourth-order valence-electron chi connectivity index (χ4n) is 3.91. The fourth-order valence-corrected chi connectivity index (χ4v) is 3.91. The summed E-state index contributed by atoms with van der Waals surface area (Å²) in [5, 5.41) is 20.1. The Morgan fingerprint density at radius 1 is 0.452 bits per heavy atom. The van der Waals surface area contributed by atoms with E-state index in [1.807, 2.05) is 97.1 Å². The van der Waals surface area contributed by atoms with Gasteiger partial charge in [0.1, 0.15) is 5.75 Å². The average molecular weight is 402 g/mol. The van der Waals surface area contributed by atoms with Gasteiger partial charge in [-0.3, -0.25) is 0 Å². The highest BCUT2D eigenvalue weighted by Crippen LogP contribution is 2.45. The van der Waals surface area contributed by atoms with Gasteiger partial charge in [-0.25, -0.2) is 0 Å². The van der Waals surface area contributed by atoms with Crippen molar-refractivity contribution in [1.29, 1.82) is 0 Å². The Bertz CT molecular complexity index is 1270. The van der Waals surface area contributed by atoms with E-state index in [-0.39, 0.29) is 5.75 Å². The lowest BCUT2D eigenvalue weighted by Gasteiger charge is -2.20. The molecule has 0 spiro atoms. The standard InChI is InChI=1S/C28H22N2O/c31-26-19-18-20-10-7-8-15-23(20)27(26)28-24(29-21-11-3-1-4-12-21)16-9-17-25(28)30-22-13-5-2-6-14-22/h1-19,29-31H. The minimum Gasteiger partial charge on any atom is -0.507 e. The summed E-state index contributed by atoms with van der Waals surface area (Å²) in [7, 11) is 0. The van der Waals surface area contributed by atoms with Crippen LogP contribution in [0.1, 0.15) is 0 Å². The molecule has 0 unspecified atom stereocenters. The average Bonchev–Trinajstić information content (AvgIpc) is 2.81. The van der Waals surface area contributed by atoms with Crippen LogP contribution < -0.4 is 10.6 Å². The summed E-state index contributed by atoms with van der Waals surface area (Å²) in [6.45, 7) is 0. The first-order valence-corrected chi connectivity index (χ1v) is 10.3. The summed E-state index contributed by atoms with van der Waals surface area (Å²) in [6, 6.07) is 38.1. The monoisotopic (exact) mass is 402 g/mol. The number of anilines is 4. The van der Waals surface area contributed by atoms with Crippen LogP contribution in [0.5, 0.6) is 5.75 Å². The van der Waals surface area contributed by atoms with Crippen LogP contribution in [0.2, 0.25) is 0 Å². The van der Waals surface area contributed by atoms with Crippen LogP contribution in [0.25, 0.3) is 21.9 Å². The van der Waals surface area contributed by atoms with Crippen LogP contribution in [0.15, 0.2) is 115 Å². The van der Waals surface area contributed by atoms with Crippen molar-refractivity contribution >= 4 is 33.5 Å². The van der Waals surface area contributed by atoms with Gasteiger partial charge >= 0.3 is 0 Å². The second kappa shape index (κ2) is 8.25. The van der Waals surface area contributed by atoms with E-state index in [0.717, 1.165) is 44.6 Å². The molecule has 3 nitrogen and oxygen atoms in total. The van der Waals surface area contributed by atoms with E-state index >= 15 is 0 Å². The first kappa shape index (κ1) is 18.8. The van der Waals surface area contributed by atoms with Crippen molar-refractivity contribution in [3.8, 4) is 16.9 Å². The number of nitrogens with one attached hydrogen (secondary N) is 2. The number of rotatable bonds is 5. The van der Waals surface area contributed by atoms with Gasteiger partial charge in [-0.1, -0.05) is 72.8 Å². The Hall–Kier alpha value is -4.24. The quantitative estimate of drug-likeness (QED) is 0.282. The zero-order valence-corrected chi connectivity index (χ0v) is 16.9. The number of fused-ring (bicyclic) bond motifs is 1. The molecule has 0 aliphatic carbocycles. The maximum atomic E-state index is 11.0. The molecule has 0 saturated heterocycles. The number of phenols is 1. The van der Waals surface area contributed by atoms with Crippen molar-refractivity contribution < 1.29 is 5.11 Å². The molecule has 0 saturated carbocycles. The second-order valence-corrected chi connectivity index (χ2v) is 7.39. The highest BCUT2D eigenvalue weighted by Gasteiger charge is 2.18. The number of benzene rings is 5. The van der Waals surface area contributed by atoms with Crippen LogP contribution in [0.3, 0.4) is 0 Å². The Morgan fingerprint density at radius 3 is 1.61 bits per heavy atom. The van der Waals surface area contributed by atoms with E-state index < -0.39 is 0 Å². The minimum atomic E-state index is 0.247. The lowest BCUT2D eigenvalue weighted by Crippen LogP contribution is -1.99. The lowest BCUT2D eigenvalue weighted by molar-refractivity contribution is 0.478. The van der Waals surface area contributed by atoms with Crippen molar-refractivity contribution in [2.45, 2.75) is 0 Å². The molecule has 0 heterocycles. The number of para-hydroxylation sites is 2. The third-order valence-corrected chi connectivity index (χ3v) is 5.33. The molecule has 0 aliphatic rings. The summed E-state index contributed by atoms with van der Waals surface area (Å²) < 4.78 is 0. The predicted octanol–water partition coefficient (Wildman–Crippen LogP) is 7.70. The van der Waals surface area contributed by atoms with Gasteiger partial charge in [0, 0.05) is 33.9 Å². The SMILES string of the molecule is Oc1ccc2ccccc2c1-c1c(Nc2ccccc2)cccc1Nc1ccccc1. The van der Waals surface area contributed by atoms with Gasteiger partial charge < -0.3 is 15.7 Å². The van der Waals surface area contributed by atoms with Crippen LogP contribution >= 0.6 is 0 Å². The molecule has 150 valence electrons. The van der Waals surface area contributed by atoms with Crippen LogP contribution in [0, 0.1) is 0 Å². The van der Waals surface area contributed by atoms with Crippen molar-refractivity contribution in [3.05, 3.63) is 115 Å². The maximum absolute atomic E-state index is 11.0. The highest BCUT2D eigenvalue weighted by atomic mass is 16.3. The first-order chi connectivity index (χ1) is 15.3. The number of hydrogen-bond donors (Lipinski definition) is 3. The molecular formula is C28H22N2O. The summed E-state index contributed by atoms with van der Waals surface area (Å²) in [5.74, 6) is 0.247. The molecule has 0 atom stereocenters. The molecule has 3 heteroatoms. The third-order valence-electron chi connectivity index (χ3n) is 5.33. The van der Waals surface area contributed by atoms with Crippen molar-refractivity contribution in [1.82, 2.24) is 0 Å². The smallest absolute Gasteiger partial charge is 0.124 e. The molecule has 0 aromatic heterocycles. The Kier molecular flexibility index (Phi) is 4.99. The number of phenolic OH excluding ortho intramolecular Hbond substituents is 1. The topological polar surface area (TPSA) is 44.3 Å². The van der Waals surface area contributed by atoms with E-state index in [4.69, 9.17) is 0 Å². The Labute approximate surface area is 181 Å². The van der Waals surface area contributed by atoms with Crippen LogP contribution in [-0.4, -0.2) is 5.11 Å². The van der Waals surface area contributed by atoms with E-state index in [1.54, 1.807) is 6.07 Å². The summed E-state index contributed by atoms with van der Waals surface area (Å²) >= 11 is 0. The molecule has 0 amide bonds. The van der Waals surface area contributed by atoms with Crippen molar-refractivity contribution in [3.63, 3.8) is 0 Å². The van der Waals surface area contributed by atoms with Gasteiger partial charge in [0.2, 0.25) is 0 Å². The number of aromatic hydroxyl groups is 1. The second-order valence-electron chi connectivity index (χ2n) is 7.39. The first-order valence-electron chi connectivity index (χ1n) is 10.3. The molecule has 5 aromatic carbocycles. The molecule has 3 N–H and O–H groups in total. The lowest BCUT2D eigenvalue weighted by atomic mass is 9.94. The minimum absolute atomic E-state index is 0.247. The molecule has 0 radical (unpaired) electrons. The zero-order valence-electron chi connectivity index (χ0n) is 16.9. The third kappa shape index (κ3) is 3.81. The summed E-state index contributed by atoms with van der Waals surface area (Å²) in [5.41, 5.74) is 5.53. The molecule has 0 bridgehead atoms. The van der Waals surface area contributed by atoms with Gasteiger partial charge in [0.25, 0.3) is 0 Å². The summed E-state index contributed by atoms with van der Waals surface area (Å²) in [6.07, 6.45) is 0. The van der Waals surface area contributed by atoms with E-state index in [2.05, 4.69) is 22.8 Å². The predicted molar refractivity (Wildman–Crippen MR) is 130 cm³/mol. The molecular weight excluding hydrogens is 380 g/mol. The highest BCUT2D eigenvalue weighted by molar-refractivity contribution is 6.06. The van der Waals surface area contributed by atoms with Gasteiger partial charge in [-0.2, -0.15) is 0 Å². The number of hydrogen-bond acceptors (Lipinski definition) is 3.